The highest BCUT2D eigenvalue weighted by Crippen LogP contribution is 2.13. The monoisotopic (exact) mass is 271 g/mol. The van der Waals surface area contributed by atoms with Crippen LogP contribution in [0.25, 0.3) is 0 Å². The van der Waals surface area contributed by atoms with Crippen molar-refractivity contribution in [3.63, 3.8) is 0 Å². The molecule has 0 aromatic carbocycles. The fourth-order valence-electron chi connectivity index (χ4n) is 2.22. The maximum Gasteiger partial charge on any atom is 0.328 e. The van der Waals surface area contributed by atoms with Crippen molar-refractivity contribution in [2.45, 2.75) is 64.0 Å². The minimum atomic E-state index is -0.543. The Balaban J connectivity index is 2.39. The van der Waals surface area contributed by atoms with Crippen molar-refractivity contribution in [3.8, 4) is 0 Å². The van der Waals surface area contributed by atoms with Crippen molar-refractivity contribution in [2.24, 2.45) is 0 Å². The highest BCUT2D eigenvalue weighted by Gasteiger charge is 2.28. The molecule has 5 nitrogen and oxygen atoms in total. The second kappa shape index (κ2) is 8.91. The van der Waals surface area contributed by atoms with E-state index in [4.69, 9.17) is 9.47 Å². The quantitative estimate of drug-likeness (QED) is 0.540. The largest absolute Gasteiger partial charge is 0.467 e. The van der Waals surface area contributed by atoms with E-state index in [0.29, 0.717) is 13.0 Å². The molecule has 0 aromatic heterocycles. The molecule has 1 aliphatic rings. The second-order valence-electron chi connectivity index (χ2n) is 4.94. The number of nitrogens with one attached hydrogen (secondary N) is 1. The fourth-order valence-corrected chi connectivity index (χ4v) is 2.22. The Morgan fingerprint density at radius 3 is 2.74 bits per heavy atom. The molecule has 2 atom stereocenters. The van der Waals surface area contributed by atoms with E-state index in [-0.39, 0.29) is 11.9 Å². The highest BCUT2D eigenvalue weighted by molar-refractivity contribution is 5.87. The molecule has 0 aromatic rings. The van der Waals surface area contributed by atoms with Gasteiger partial charge >= 0.3 is 5.97 Å². The van der Waals surface area contributed by atoms with E-state index in [2.05, 4.69) is 12.2 Å². The molecule has 1 aliphatic heterocycles. The number of hydrogen-bond acceptors (Lipinski definition) is 4. The number of rotatable bonds is 8. The third-order valence-electron chi connectivity index (χ3n) is 3.37. The summed E-state index contributed by atoms with van der Waals surface area (Å²) in [5, 5.41) is 2.75. The van der Waals surface area contributed by atoms with E-state index in [1.807, 2.05) is 0 Å². The van der Waals surface area contributed by atoms with Gasteiger partial charge in [-0.2, -0.15) is 0 Å². The summed E-state index contributed by atoms with van der Waals surface area (Å²) in [6.45, 7) is 2.76. The molecule has 1 N–H and O–H groups in total. The maximum absolute atomic E-state index is 11.9. The zero-order chi connectivity index (χ0) is 14.1. The van der Waals surface area contributed by atoms with Crippen LogP contribution in [0, 0.1) is 0 Å². The first-order chi connectivity index (χ1) is 9.19. The Bertz CT molecular complexity index is 287. The smallest absolute Gasteiger partial charge is 0.328 e. The van der Waals surface area contributed by atoms with Crippen LogP contribution < -0.4 is 5.32 Å². The molecular weight excluding hydrogens is 246 g/mol. The average molecular weight is 271 g/mol. The summed E-state index contributed by atoms with van der Waals surface area (Å²) in [6, 6.07) is -0.543. The molecule has 1 heterocycles. The molecular formula is C14H25NO4. The van der Waals surface area contributed by atoms with E-state index in [9.17, 15) is 9.59 Å². The van der Waals surface area contributed by atoms with Crippen LogP contribution in [0.3, 0.4) is 0 Å². The number of methoxy groups -OCH3 is 1. The molecule has 19 heavy (non-hydrogen) atoms. The van der Waals surface area contributed by atoms with Gasteiger partial charge in [0.05, 0.1) is 7.11 Å². The van der Waals surface area contributed by atoms with Crippen LogP contribution in [-0.4, -0.2) is 37.7 Å². The van der Waals surface area contributed by atoms with Crippen molar-refractivity contribution in [1.29, 1.82) is 0 Å². The third kappa shape index (κ3) is 5.59. The molecule has 1 rings (SSSR count). The van der Waals surface area contributed by atoms with Crippen LogP contribution in [0.5, 0.6) is 0 Å². The van der Waals surface area contributed by atoms with Gasteiger partial charge in [0.15, 0.2) is 0 Å². The number of carbonyl (C=O) groups is 2. The summed E-state index contributed by atoms with van der Waals surface area (Å²) in [4.78, 5) is 23.6. The number of hydrogen-bond donors (Lipinski definition) is 1. The lowest BCUT2D eigenvalue weighted by Crippen LogP contribution is -2.45. The normalized spacial score (nSPS) is 20.0. The van der Waals surface area contributed by atoms with E-state index in [0.717, 1.165) is 38.5 Å². The van der Waals surface area contributed by atoms with Crippen molar-refractivity contribution in [1.82, 2.24) is 5.32 Å². The molecule has 0 aliphatic carbocycles. The lowest BCUT2D eigenvalue weighted by molar-refractivity contribution is -0.146. The summed E-state index contributed by atoms with van der Waals surface area (Å²) in [6.07, 6.45) is 6.14. The first-order valence-electron chi connectivity index (χ1n) is 7.18. The van der Waals surface area contributed by atoms with E-state index < -0.39 is 12.1 Å². The SMILES string of the molecule is CCCCCC[C@@H](NC(=O)[C@@H]1CCCO1)C(=O)OC. The third-order valence-corrected chi connectivity index (χ3v) is 3.37. The highest BCUT2D eigenvalue weighted by atomic mass is 16.5. The number of unbranched alkanes of at least 4 members (excludes halogenated alkanes) is 3. The Hall–Kier alpha value is -1.10. The molecule has 1 fully saturated rings. The molecule has 0 bridgehead atoms. The lowest BCUT2D eigenvalue weighted by Gasteiger charge is -2.18. The topological polar surface area (TPSA) is 64.6 Å². The Labute approximate surface area is 115 Å². The van der Waals surface area contributed by atoms with Gasteiger partial charge in [-0.15, -0.1) is 0 Å². The second-order valence-corrected chi connectivity index (χ2v) is 4.94. The van der Waals surface area contributed by atoms with Gasteiger partial charge in [-0.1, -0.05) is 32.6 Å². The van der Waals surface area contributed by atoms with Crippen LogP contribution >= 0.6 is 0 Å². The van der Waals surface area contributed by atoms with Gasteiger partial charge < -0.3 is 14.8 Å². The van der Waals surface area contributed by atoms with Crippen LogP contribution in [0.15, 0.2) is 0 Å². The van der Waals surface area contributed by atoms with Crippen LogP contribution in [-0.2, 0) is 19.1 Å². The molecule has 1 saturated heterocycles. The van der Waals surface area contributed by atoms with Crippen molar-refractivity contribution in [3.05, 3.63) is 0 Å². The van der Waals surface area contributed by atoms with Crippen molar-refractivity contribution < 1.29 is 19.1 Å². The van der Waals surface area contributed by atoms with Crippen LogP contribution in [0.1, 0.15) is 51.9 Å². The van der Waals surface area contributed by atoms with E-state index in [1.54, 1.807) is 0 Å². The van der Waals surface area contributed by atoms with Crippen molar-refractivity contribution in [2.75, 3.05) is 13.7 Å². The zero-order valence-electron chi connectivity index (χ0n) is 11.9. The van der Waals surface area contributed by atoms with Crippen molar-refractivity contribution >= 4 is 11.9 Å². The van der Waals surface area contributed by atoms with Gasteiger partial charge in [-0.3, -0.25) is 4.79 Å². The minimum absolute atomic E-state index is 0.191. The zero-order valence-corrected chi connectivity index (χ0v) is 11.9. The summed E-state index contributed by atoms with van der Waals surface area (Å²) in [5.74, 6) is -0.564. The predicted octanol–water partition coefficient (Wildman–Crippen LogP) is 1.79. The number of amides is 1. The summed E-state index contributed by atoms with van der Waals surface area (Å²) in [5.41, 5.74) is 0. The first kappa shape index (κ1) is 16.0. The predicted molar refractivity (Wildman–Crippen MR) is 71.7 cm³/mol. The van der Waals surface area contributed by atoms with Crippen LogP contribution in [0.2, 0.25) is 0 Å². The fraction of sp³-hybridized carbons (Fsp3) is 0.857. The number of esters is 1. The molecule has 0 spiro atoms. The number of carbonyl (C=O) groups excluding carboxylic acids is 2. The molecule has 110 valence electrons. The maximum atomic E-state index is 11.9. The van der Waals surface area contributed by atoms with Gasteiger partial charge in [0.1, 0.15) is 12.1 Å². The summed E-state index contributed by atoms with van der Waals surface area (Å²) in [7, 11) is 1.35. The minimum Gasteiger partial charge on any atom is -0.467 e. The van der Waals surface area contributed by atoms with E-state index >= 15 is 0 Å². The molecule has 5 heteroatoms. The van der Waals surface area contributed by atoms with Gasteiger partial charge in [-0.05, 0) is 19.3 Å². The molecule has 0 unspecified atom stereocenters. The number of ether oxygens (including phenoxy) is 2. The lowest BCUT2D eigenvalue weighted by atomic mass is 10.1. The molecule has 0 radical (unpaired) electrons. The van der Waals surface area contributed by atoms with Crippen LogP contribution in [0.4, 0.5) is 0 Å². The summed E-state index contributed by atoms with van der Waals surface area (Å²) >= 11 is 0. The Morgan fingerprint density at radius 2 is 2.16 bits per heavy atom. The van der Waals surface area contributed by atoms with Gasteiger partial charge in [-0.25, -0.2) is 4.79 Å². The standard InChI is InChI=1S/C14H25NO4/c1-3-4-5-6-8-11(14(17)18-2)15-13(16)12-9-7-10-19-12/h11-12H,3-10H2,1-2H3,(H,15,16)/t11-,12+/m1/s1. The summed E-state index contributed by atoms with van der Waals surface area (Å²) < 4.78 is 10.0. The van der Waals surface area contributed by atoms with Gasteiger partial charge in [0.2, 0.25) is 5.91 Å². The Morgan fingerprint density at radius 1 is 1.37 bits per heavy atom. The van der Waals surface area contributed by atoms with Gasteiger partial charge in [0, 0.05) is 6.61 Å². The molecule has 0 saturated carbocycles. The average Bonchev–Trinajstić information content (AvgIpc) is 2.95. The van der Waals surface area contributed by atoms with E-state index in [1.165, 1.54) is 7.11 Å². The molecule has 1 amide bonds. The first-order valence-corrected chi connectivity index (χ1v) is 7.18. The van der Waals surface area contributed by atoms with Gasteiger partial charge in [0.25, 0.3) is 0 Å². The Kier molecular flexibility index (Phi) is 7.48.